The van der Waals surface area contributed by atoms with Crippen molar-refractivity contribution >= 4 is 17.8 Å². The van der Waals surface area contributed by atoms with Gasteiger partial charge in [-0.25, -0.2) is 9.78 Å². The van der Waals surface area contributed by atoms with E-state index in [9.17, 15) is 19.5 Å². The van der Waals surface area contributed by atoms with Crippen LogP contribution in [0.2, 0.25) is 0 Å². The average Bonchev–Trinajstić information content (AvgIpc) is 3.20. The van der Waals surface area contributed by atoms with Crippen molar-refractivity contribution in [3.05, 3.63) is 53.1 Å². The number of aromatic amines is 1. The summed E-state index contributed by atoms with van der Waals surface area (Å²) in [5.41, 5.74) is 1.03. The molecular weight excluding hydrogens is 398 g/mol. The third-order valence-corrected chi connectivity index (χ3v) is 6.21. The molecule has 4 amide bonds. The number of nitrogens with zero attached hydrogens (tertiary/aromatic N) is 4. The average molecular weight is 425 g/mol. The van der Waals surface area contributed by atoms with Crippen LogP contribution in [-0.2, 0) is 11.3 Å². The van der Waals surface area contributed by atoms with E-state index in [-0.39, 0.29) is 31.0 Å². The number of piperidine rings is 1. The summed E-state index contributed by atoms with van der Waals surface area (Å²) < 4.78 is 0. The third kappa shape index (κ3) is 3.59. The highest BCUT2D eigenvalue weighted by molar-refractivity contribution is 6.07. The minimum absolute atomic E-state index is 0.0287. The molecule has 1 aromatic carbocycles. The number of imide groups is 1. The lowest BCUT2D eigenvalue weighted by molar-refractivity contribution is -0.135. The number of rotatable bonds is 5. The quantitative estimate of drug-likeness (QED) is 0.705. The van der Waals surface area contributed by atoms with E-state index in [2.05, 4.69) is 9.97 Å². The number of amides is 4. The molecule has 9 heteroatoms. The summed E-state index contributed by atoms with van der Waals surface area (Å²) in [5.74, 6) is 0.219. The molecule has 2 aliphatic heterocycles. The van der Waals surface area contributed by atoms with E-state index in [1.165, 1.54) is 0 Å². The fourth-order valence-corrected chi connectivity index (χ4v) is 4.60. The molecule has 0 saturated carbocycles. The Balaban J connectivity index is 1.58. The zero-order chi connectivity index (χ0) is 22.2. The van der Waals surface area contributed by atoms with E-state index >= 15 is 0 Å². The van der Waals surface area contributed by atoms with Gasteiger partial charge >= 0.3 is 6.03 Å². The van der Waals surface area contributed by atoms with Crippen molar-refractivity contribution < 1.29 is 19.5 Å². The number of β-amino-alcohol motifs (C(OH)–C–C–N with tert-alkyl or cyclic N) is 1. The van der Waals surface area contributed by atoms with E-state index in [0.29, 0.717) is 44.0 Å². The van der Waals surface area contributed by atoms with Crippen LogP contribution in [0.15, 0.2) is 30.3 Å². The number of aliphatic hydroxyl groups is 1. The molecule has 0 unspecified atom stereocenters. The third-order valence-electron chi connectivity index (χ3n) is 6.21. The Morgan fingerprint density at radius 3 is 2.42 bits per heavy atom. The fourth-order valence-electron chi connectivity index (χ4n) is 4.60. The van der Waals surface area contributed by atoms with Crippen molar-refractivity contribution in [1.29, 1.82) is 0 Å². The zero-order valence-corrected chi connectivity index (χ0v) is 17.8. The highest BCUT2D eigenvalue weighted by Crippen LogP contribution is 2.38. The van der Waals surface area contributed by atoms with Crippen LogP contribution in [0, 0.1) is 13.8 Å². The highest BCUT2D eigenvalue weighted by atomic mass is 16.3. The minimum Gasteiger partial charge on any atom is -0.395 e. The number of benzene rings is 1. The van der Waals surface area contributed by atoms with Crippen molar-refractivity contribution in [2.24, 2.45) is 0 Å². The van der Waals surface area contributed by atoms with Gasteiger partial charge in [0.25, 0.3) is 11.8 Å². The van der Waals surface area contributed by atoms with E-state index < -0.39 is 5.54 Å². The Morgan fingerprint density at radius 2 is 1.84 bits per heavy atom. The number of urea groups is 1. The lowest BCUT2D eigenvalue weighted by Crippen LogP contribution is -2.57. The Bertz CT molecular complexity index is 995. The molecule has 2 aliphatic rings. The molecule has 2 aromatic rings. The van der Waals surface area contributed by atoms with Gasteiger partial charge in [-0.15, -0.1) is 0 Å². The second-order valence-corrected chi connectivity index (χ2v) is 8.15. The maximum Gasteiger partial charge on any atom is 0.328 e. The van der Waals surface area contributed by atoms with Crippen molar-refractivity contribution in [3.63, 3.8) is 0 Å². The number of H-pyrrole nitrogens is 1. The largest absolute Gasteiger partial charge is 0.395 e. The molecule has 2 saturated heterocycles. The summed E-state index contributed by atoms with van der Waals surface area (Å²) in [6.07, 6.45) is 0.695. The molecule has 31 heavy (non-hydrogen) atoms. The molecule has 0 bridgehead atoms. The molecule has 0 aliphatic carbocycles. The molecule has 0 radical (unpaired) electrons. The van der Waals surface area contributed by atoms with E-state index in [1.807, 2.05) is 37.3 Å². The van der Waals surface area contributed by atoms with Gasteiger partial charge in [0.15, 0.2) is 0 Å². The monoisotopic (exact) mass is 425 g/mol. The molecule has 164 valence electrons. The Morgan fingerprint density at radius 1 is 1.16 bits per heavy atom. The predicted octanol–water partition coefficient (Wildman–Crippen LogP) is 1.46. The van der Waals surface area contributed by atoms with Crippen molar-refractivity contribution in [3.8, 4) is 0 Å². The van der Waals surface area contributed by atoms with Crippen molar-refractivity contribution in [2.45, 2.75) is 38.8 Å². The summed E-state index contributed by atoms with van der Waals surface area (Å²) in [6.45, 7) is 4.30. The number of hydrogen-bond donors (Lipinski definition) is 2. The molecule has 1 spiro atoms. The van der Waals surface area contributed by atoms with Gasteiger partial charge in [-0.05, 0) is 32.3 Å². The number of aromatic nitrogens is 2. The number of carbonyl (C=O) groups is 3. The van der Waals surface area contributed by atoms with Crippen LogP contribution in [0.25, 0.3) is 0 Å². The second-order valence-electron chi connectivity index (χ2n) is 8.15. The Hall–Kier alpha value is -3.20. The van der Waals surface area contributed by atoms with Crippen LogP contribution < -0.4 is 0 Å². The minimum atomic E-state index is -1.00. The first-order valence-electron chi connectivity index (χ1n) is 10.5. The maximum absolute atomic E-state index is 13.3. The number of nitrogens with one attached hydrogen (secondary N) is 1. The van der Waals surface area contributed by atoms with Crippen LogP contribution >= 0.6 is 0 Å². The molecule has 2 fully saturated rings. The smallest absolute Gasteiger partial charge is 0.328 e. The van der Waals surface area contributed by atoms with Crippen LogP contribution in [0.3, 0.4) is 0 Å². The normalized spacial score (nSPS) is 18.4. The number of aryl methyl sites for hydroxylation is 2. The van der Waals surface area contributed by atoms with Crippen LogP contribution in [0.1, 0.15) is 40.4 Å². The highest BCUT2D eigenvalue weighted by Gasteiger charge is 2.58. The first kappa shape index (κ1) is 21.0. The molecule has 4 rings (SSSR count). The van der Waals surface area contributed by atoms with Crippen molar-refractivity contribution in [2.75, 3.05) is 26.2 Å². The van der Waals surface area contributed by atoms with Gasteiger partial charge in [0.05, 0.1) is 13.2 Å². The number of hydrogen-bond acceptors (Lipinski definition) is 5. The van der Waals surface area contributed by atoms with E-state index in [4.69, 9.17) is 0 Å². The lowest BCUT2D eigenvalue weighted by Gasteiger charge is -2.42. The molecule has 9 nitrogen and oxygen atoms in total. The Labute approximate surface area is 180 Å². The van der Waals surface area contributed by atoms with Gasteiger partial charge in [0, 0.05) is 25.3 Å². The molecule has 3 heterocycles. The lowest BCUT2D eigenvalue weighted by atomic mass is 9.85. The van der Waals surface area contributed by atoms with E-state index in [0.717, 1.165) is 16.2 Å². The number of carbonyl (C=O) groups excluding carboxylic acids is 3. The van der Waals surface area contributed by atoms with Gasteiger partial charge in [-0.3, -0.25) is 14.5 Å². The summed E-state index contributed by atoms with van der Waals surface area (Å²) >= 11 is 0. The van der Waals surface area contributed by atoms with Gasteiger partial charge in [-0.2, -0.15) is 0 Å². The summed E-state index contributed by atoms with van der Waals surface area (Å²) in [5, 5.41) is 9.37. The predicted molar refractivity (Wildman–Crippen MR) is 112 cm³/mol. The molecular formula is C22H27N5O4. The SMILES string of the molecule is Cc1nc(C(=O)N2CCC3(CC2)C(=O)N(CCO)C(=O)N3Cc2ccccc2)c(C)[nH]1. The molecule has 0 atom stereocenters. The Kier molecular flexibility index (Phi) is 5.53. The summed E-state index contributed by atoms with van der Waals surface area (Å²) in [6, 6.07) is 9.14. The fraction of sp³-hybridized carbons (Fsp3) is 0.455. The number of aliphatic hydroxyl groups excluding tert-OH is 1. The van der Waals surface area contributed by atoms with Gasteiger partial charge in [0.1, 0.15) is 17.1 Å². The van der Waals surface area contributed by atoms with Crippen molar-refractivity contribution in [1.82, 2.24) is 24.7 Å². The first-order valence-corrected chi connectivity index (χ1v) is 10.5. The maximum atomic E-state index is 13.3. The number of likely N-dealkylation sites (tertiary alicyclic amines) is 1. The standard InChI is InChI=1S/C22H27N5O4/c1-15-18(24-16(2)23-15)19(29)25-10-8-22(9-11-25)20(30)26(12-13-28)21(31)27(22)14-17-6-4-3-5-7-17/h3-7,28H,8-14H2,1-2H3,(H,23,24). The van der Waals surface area contributed by atoms with Gasteiger partial charge < -0.3 is 19.9 Å². The molecule has 2 N–H and O–H groups in total. The second kappa shape index (κ2) is 8.14. The first-order chi connectivity index (χ1) is 14.9. The summed E-state index contributed by atoms with van der Waals surface area (Å²) in [7, 11) is 0. The topological polar surface area (TPSA) is 110 Å². The van der Waals surface area contributed by atoms with Crippen LogP contribution in [0.4, 0.5) is 4.79 Å². The van der Waals surface area contributed by atoms with Crippen LogP contribution in [-0.4, -0.2) is 79.4 Å². The van der Waals surface area contributed by atoms with Gasteiger partial charge in [-0.1, -0.05) is 30.3 Å². The summed E-state index contributed by atoms with van der Waals surface area (Å²) in [4.78, 5) is 51.2. The van der Waals surface area contributed by atoms with E-state index in [1.54, 1.807) is 16.7 Å². The van der Waals surface area contributed by atoms with Crippen LogP contribution in [0.5, 0.6) is 0 Å². The van der Waals surface area contributed by atoms with Gasteiger partial charge in [0.2, 0.25) is 0 Å². The zero-order valence-electron chi connectivity index (χ0n) is 17.8. The number of imidazole rings is 1. The molecule has 1 aromatic heterocycles.